The summed E-state index contributed by atoms with van der Waals surface area (Å²) >= 11 is 3.03. The predicted molar refractivity (Wildman–Crippen MR) is 39.8 cm³/mol. The maximum absolute atomic E-state index is 10.6. The fourth-order valence-electron chi connectivity index (χ4n) is 0.325. The molecule has 0 bridgehead atoms. The van der Waals surface area contributed by atoms with E-state index in [1.54, 1.807) is 0 Å². The third-order valence-corrected chi connectivity index (χ3v) is 0.986. The van der Waals surface area contributed by atoms with Gasteiger partial charge in [0.2, 0.25) is 0 Å². The van der Waals surface area contributed by atoms with Gasteiger partial charge >= 0.3 is 5.97 Å². The zero-order valence-electron chi connectivity index (χ0n) is 5.34. The van der Waals surface area contributed by atoms with Crippen LogP contribution in [0.3, 0.4) is 0 Å². The van der Waals surface area contributed by atoms with E-state index in [1.165, 1.54) is 0 Å². The molecule has 5 nitrogen and oxygen atoms in total. The minimum atomic E-state index is -1.85. The van der Waals surface area contributed by atoms with Gasteiger partial charge in [-0.25, -0.2) is 0 Å². The largest absolute Gasteiger partial charge is 0.416 e. The van der Waals surface area contributed by atoms with Crippen LogP contribution in [0.5, 0.6) is 0 Å². The number of esters is 1. The lowest BCUT2D eigenvalue weighted by Gasteiger charge is -2.17. The molecule has 0 rings (SSSR count). The van der Waals surface area contributed by atoms with E-state index in [1.807, 2.05) is 0 Å². The molecule has 0 spiro atoms. The summed E-state index contributed by atoms with van der Waals surface area (Å²) < 4.78 is 4.34. The smallest absolute Gasteiger partial charge is 0.310 e. The van der Waals surface area contributed by atoms with Crippen LogP contribution in [0, 0.1) is 0 Å². The average Bonchev–Trinajstić information content (AvgIpc) is 1.59. The molecule has 0 aliphatic carbocycles. The van der Waals surface area contributed by atoms with Crippen LogP contribution < -0.4 is 17.2 Å². The van der Waals surface area contributed by atoms with Crippen molar-refractivity contribution in [2.45, 2.75) is 12.4 Å². The first-order valence-corrected chi connectivity index (χ1v) is 3.72. The molecule has 0 amide bonds. The van der Waals surface area contributed by atoms with Crippen LogP contribution in [-0.2, 0) is 9.53 Å². The lowest BCUT2D eigenvalue weighted by atomic mass is 10.5. The van der Waals surface area contributed by atoms with Crippen LogP contribution in [0.25, 0.3) is 0 Å². The molecule has 0 aliphatic rings. The third kappa shape index (κ3) is 5.96. The summed E-state index contributed by atoms with van der Waals surface area (Å²) in [6.07, 6.45) is 0.202. The number of hydrogen-bond donors (Lipinski definition) is 3. The first-order valence-electron chi connectivity index (χ1n) is 2.60. The number of ether oxygens (including phenoxy) is 1. The van der Waals surface area contributed by atoms with Crippen LogP contribution >= 0.6 is 15.9 Å². The molecule has 0 aromatic heterocycles. The number of halogens is 1. The van der Waals surface area contributed by atoms with Gasteiger partial charge in [0.15, 0.2) is 0 Å². The van der Waals surface area contributed by atoms with E-state index >= 15 is 0 Å². The van der Waals surface area contributed by atoms with Gasteiger partial charge in [0.25, 0.3) is 5.97 Å². The van der Waals surface area contributed by atoms with Crippen LogP contribution in [0.2, 0.25) is 0 Å². The van der Waals surface area contributed by atoms with Crippen LogP contribution in [0.4, 0.5) is 0 Å². The van der Waals surface area contributed by atoms with Gasteiger partial charge in [-0.2, -0.15) is 0 Å². The van der Waals surface area contributed by atoms with E-state index in [0.717, 1.165) is 0 Å². The van der Waals surface area contributed by atoms with Crippen molar-refractivity contribution >= 4 is 21.9 Å². The molecule has 60 valence electrons. The van der Waals surface area contributed by atoms with Crippen LogP contribution in [0.15, 0.2) is 0 Å². The van der Waals surface area contributed by atoms with Gasteiger partial charge in [-0.15, -0.1) is 0 Å². The van der Waals surface area contributed by atoms with Crippen molar-refractivity contribution in [1.82, 2.24) is 0 Å². The second-order valence-corrected chi connectivity index (χ2v) is 2.56. The lowest BCUT2D eigenvalue weighted by molar-refractivity contribution is -0.157. The Morgan fingerprint density at radius 3 is 2.30 bits per heavy atom. The van der Waals surface area contributed by atoms with Crippen molar-refractivity contribution in [2.24, 2.45) is 17.2 Å². The second kappa shape index (κ2) is 3.87. The number of carbonyl (C=O) groups excluding carboxylic acids is 1. The quantitative estimate of drug-likeness (QED) is 0.309. The van der Waals surface area contributed by atoms with Crippen LogP contribution in [0.1, 0.15) is 6.42 Å². The Morgan fingerprint density at radius 2 is 2.00 bits per heavy atom. The first kappa shape index (κ1) is 9.83. The highest BCUT2D eigenvalue weighted by atomic mass is 79.9. The van der Waals surface area contributed by atoms with E-state index < -0.39 is 11.9 Å². The lowest BCUT2D eigenvalue weighted by Crippen LogP contribution is -2.61. The van der Waals surface area contributed by atoms with Crippen molar-refractivity contribution in [2.75, 3.05) is 5.33 Å². The predicted octanol–water partition coefficient (Wildman–Crippen LogP) is -1.20. The Morgan fingerprint density at radius 1 is 1.50 bits per heavy atom. The van der Waals surface area contributed by atoms with Gasteiger partial charge < -0.3 is 4.74 Å². The summed E-state index contributed by atoms with van der Waals surface area (Å²) in [5, 5.41) is 0.502. The Balaban J connectivity index is 3.58. The van der Waals surface area contributed by atoms with E-state index in [4.69, 9.17) is 17.2 Å². The molecule has 6 heteroatoms. The fraction of sp³-hybridized carbons (Fsp3) is 0.750. The highest BCUT2D eigenvalue weighted by molar-refractivity contribution is 9.09. The normalized spacial score (nSPS) is 11.2. The number of hydrogen-bond acceptors (Lipinski definition) is 5. The second-order valence-electron chi connectivity index (χ2n) is 1.77. The zero-order chi connectivity index (χ0) is 8.20. The summed E-state index contributed by atoms with van der Waals surface area (Å²) in [5.74, 6) is -2.37. The maximum Gasteiger partial charge on any atom is 0.310 e. The Labute approximate surface area is 67.0 Å². The molecule has 6 N–H and O–H groups in total. The van der Waals surface area contributed by atoms with Crippen molar-refractivity contribution in [3.63, 3.8) is 0 Å². The molecular weight excluding hydrogens is 202 g/mol. The molecule has 10 heavy (non-hydrogen) atoms. The molecule has 0 aliphatic heterocycles. The SMILES string of the molecule is NC(N)(N)OC(=O)CCBr. The van der Waals surface area contributed by atoms with E-state index in [2.05, 4.69) is 20.7 Å². The van der Waals surface area contributed by atoms with Gasteiger partial charge in [0.1, 0.15) is 0 Å². The summed E-state index contributed by atoms with van der Waals surface area (Å²) in [6, 6.07) is 0. The van der Waals surface area contributed by atoms with Gasteiger partial charge in [0, 0.05) is 5.33 Å². The standard InChI is InChI=1S/C4H10BrN3O2/c5-2-1-3(9)10-4(6,7)8/h1-2,6-8H2. The van der Waals surface area contributed by atoms with Gasteiger partial charge in [-0.05, 0) is 0 Å². The van der Waals surface area contributed by atoms with Gasteiger partial charge in [-0.3, -0.25) is 22.0 Å². The number of nitrogens with two attached hydrogens (primary N) is 3. The van der Waals surface area contributed by atoms with Crippen LogP contribution in [-0.4, -0.2) is 17.3 Å². The summed E-state index contributed by atoms with van der Waals surface area (Å²) in [7, 11) is 0. The van der Waals surface area contributed by atoms with Gasteiger partial charge in [-0.1, -0.05) is 15.9 Å². The average molecular weight is 212 g/mol. The first-order chi connectivity index (χ1) is 4.45. The van der Waals surface area contributed by atoms with Crippen molar-refractivity contribution in [3.05, 3.63) is 0 Å². The van der Waals surface area contributed by atoms with Gasteiger partial charge in [0.05, 0.1) is 6.42 Å². The number of alkyl halides is 1. The molecule has 0 unspecified atom stereocenters. The van der Waals surface area contributed by atoms with Crippen molar-refractivity contribution in [1.29, 1.82) is 0 Å². The van der Waals surface area contributed by atoms with E-state index in [9.17, 15) is 4.79 Å². The minimum Gasteiger partial charge on any atom is -0.416 e. The van der Waals surface area contributed by atoms with Crippen molar-refractivity contribution in [3.8, 4) is 0 Å². The Hall–Kier alpha value is -0.170. The fourth-order valence-corrected chi connectivity index (χ4v) is 0.649. The molecule has 0 atom stereocenters. The summed E-state index contributed by atoms with van der Waals surface area (Å²) in [4.78, 5) is 10.6. The summed E-state index contributed by atoms with van der Waals surface area (Å²) in [6.45, 7) is 0. The van der Waals surface area contributed by atoms with E-state index in [-0.39, 0.29) is 6.42 Å². The summed E-state index contributed by atoms with van der Waals surface area (Å²) in [5.41, 5.74) is 14.9. The molecule has 0 saturated heterocycles. The Kier molecular flexibility index (Phi) is 3.80. The minimum absolute atomic E-state index is 0.202. The topological polar surface area (TPSA) is 104 Å². The highest BCUT2D eigenvalue weighted by Crippen LogP contribution is 1.93. The molecule has 0 radical (unpaired) electrons. The van der Waals surface area contributed by atoms with Crippen molar-refractivity contribution < 1.29 is 9.53 Å². The van der Waals surface area contributed by atoms with E-state index in [0.29, 0.717) is 5.33 Å². The molecule has 0 heterocycles. The monoisotopic (exact) mass is 211 g/mol. The number of rotatable bonds is 3. The number of carbonyl (C=O) groups is 1. The molecular formula is C4H10BrN3O2. The molecule has 0 fully saturated rings. The molecule has 0 aromatic carbocycles. The zero-order valence-corrected chi connectivity index (χ0v) is 6.93. The third-order valence-electron chi connectivity index (χ3n) is 0.589. The Bertz CT molecular complexity index is 122. The molecule has 0 saturated carbocycles. The highest BCUT2D eigenvalue weighted by Gasteiger charge is 2.16. The molecule has 0 aromatic rings. The maximum atomic E-state index is 10.6.